The zero-order chi connectivity index (χ0) is 18.0. The first-order chi connectivity index (χ1) is 10.7. The molecule has 132 valence electrons. The van der Waals surface area contributed by atoms with Crippen molar-refractivity contribution in [3.63, 3.8) is 0 Å². The number of hydrogen-bond acceptors (Lipinski definition) is 5. The van der Waals surface area contributed by atoms with Gasteiger partial charge in [-0.25, -0.2) is 0 Å². The molecule has 9 nitrogen and oxygen atoms in total. The van der Waals surface area contributed by atoms with E-state index in [0.29, 0.717) is 19.4 Å². The molecule has 0 aromatic heterocycles. The third-order valence-corrected chi connectivity index (χ3v) is 3.30. The Bertz CT molecular complexity index is 451. The summed E-state index contributed by atoms with van der Waals surface area (Å²) >= 11 is 3.86. The van der Waals surface area contributed by atoms with Gasteiger partial charge >= 0.3 is 0 Å². The molecule has 0 spiro atoms. The molecule has 10 heteroatoms. The number of primary amides is 1. The number of hydrogen-bond donors (Lipinski definition) is 6. The van der Waals surface area contributed by atoms with Crippen LogP contribution in [0, 0.1) is 5.92 Å². The monoisotopic (exact) mass is 346 g/mol. The van der Waals surface area contributed by atoms with Gasteiger partial charge in [0.25, 0.3) is 0 Å². The molecular weight excluding hydrogens is 320 g/mol. The van der Waals surface area contributed by atoms with Crippen molar-refractivity contribution in [1.82, 2.24) is 10.6 Å². The highest BCUT2D eigenvalue weighted by Gasteiger charge is 2.26. The van der Waals surface area contributed by atoms with E-state index in [0.717, 1.165) is 0 Å². The lowest BCUT2D eigenvalue weighted by Gasteiger charge is -2.23. The highest BCUT2D eigenvalue weighted by Crippen LogP contribution is 2.04. The van der Waals surface area contributed by atoms with Gasteiger partial charge in [0.1, 0.15) is 12.1 Å². The number of nitrogens with one attached hydrogen (secondary N) is 2. The fraction of sp³-hybridized carbons (Fsp3) is 0.692. The molecule has 0 aliphatic carbocycles. The average Bonchev–Trinajstić information content (AvgIpc) is 2.46. The van der Waals surface area contributed by atoms with Crippen LogP contribution in [-0.2, 0) is 14.4 Å². The standard InChI is InChI=1S/C13H26N6O3S/c1-7(2)10(11(14)21)19-12(22)8(18-9(20)6-23)4-3-5-17-13(15)16/h7-8,10,23H,3-6H2,1-2H3,(H2,14,21)(H,18,20)(H,19,22)(H4,15,16,17)/t8-,10-/m0/s1. The lowest BCUT2D eigenvalue weighted by molar-refractivity contribution is -0.131. The molecular formula is C13H26N6O3S. The molecule has 0 aromatic rings. The van der Waals surface area contributed by atoms with E-state index >= 15 is 0 Å². The predicted molar refractivity (Wildman–Crippen MR) is 91.7 cm³/mol. The third kappa shape index (κ3) is 8.91. The molecule has 0 saturated carbocycles. The Kier molecular flexibility index (Phi) is 9.79. The van der Waals surface area contributed by atoms with Crippen molar-refractivity contribution >= 4 is 36.3 Å². The van der Waals surface area contributed by atoms with Gasteiger partial charge in [-0.05, 0) is 18.8 Å². The highest BCUT2D eigenvalue weighted by molar-refractivity contribution is 7.81. The Morgan fingerprint density at radius 1 is 1.13 bits per heavy atom. The van der Waals surface area contributed by atoms with Crippen LogP contribution in [0.15, 0.2) is 4.99 Å². The van der Waals surface area contributed by atoms with Gasteiger partial charge in [-0.1, -0.05) is 13.8 Å². The SMILES string of the molecule is CC(C)[C@H](NC(=O)[C@H](CCCN=C(N)N)NC(=O)CS)C(N)=O. The van der Waals surface area contributed by atoms with Crippen LogP contribution in [-0.4, -0.2) is 48.1 Å². The number of rotatable bonds is 10. The molecule has 0 saturated heterocycles. The van der Waals surface area contributed by atoms with E-state index in [1.54, 1.807) is 13.8 Å². The van der Waals surface area contributed by atoms with Crippen LogP contribution < -0.4 is 27.8 Å². The Hall–Kier alpha value is -1.97. The molecule has 0 heterocycles. The van der Waals surface area contributed by atoms with Crippen LogP contribution in [0.25, 0.3) is 0 Å². The minimum Gasteiger partial charge on any atom is -0.370 e. The normalized spacial score (nSPS) is 13.0. The fourth-order valence-electron chi connectivity index (χ4n) is 1.83. The smallest absolute Gasteiger partial charge is 0.243 e. The number of guanidine groups is 1. The van der Waals surface area contributed by atoms with Gasteiger partial charge in [0.15, 0.2) is 5.96 Å². The van der Waals surface area contributed by atoms with Crippen molar-refractivity contribution in [3.05, 3.63) is 0 Å². The summed E-state index contributed by atoms with van der Waals surface area (Å²) in [5.41, 5.74) is 15.7. The van der Waals surface area contributed by atoms with Gasteiger partial charge < -0.3 is 27.8 Å². The number of thiol groups is 1. The maximum atomic E-state index is 12.3. The van der Waals surface area contributed by atoms with Crippen molar-refractivity contribution in [2.45, 2.75) is 38.8 Å². The van der Waals surface area contributed by atoms with Crippen molar-refractivity contribution < 1.29 is 14.4 Å². The van der Waals surface area contributed by atoms with Crippen LogP contribution >= 0.6 is 12.6 Å². The third-order valence-electron chi connectivity index (χ3n) is 3.01. The topological polar surface area (TPSA) is 166 Å². The van der Waals surface area contributed by atoms with E-state index in [4.69, 9.17) is 17.2 Å². The van der Waals surface area contributed by atoms with Crippen LogP contribution in [0.2, 0.25) is 0 Å². The predicted octanol–water partition coefficient (Wildman–Crippen LogP) is -1.92. The van der Waals surface area contributed by atoms with Crippen LogP contribution in [0.1, 0.15) is 26.7 Å². The number of aliphatic imine (C=N–C) groups is 1. The molecule has 0 bridgehead atoms. The van der Waals surface area contributed by atoms with Gasteiger partial charge in [0.05, 0.1) is 5.75 Å². The number of nitrogens with two attached hydrogens (primary N) is 3. The average molecular weight is 346 g/mol. The second kappa shape index (κ2) is 10.7. The largest absolute Gasteiger partial charge is 0.370 e. The number of nitrogens with zero attached hydrogens (tertiary/aromatic N) is 1. The molecule has 0 radical (unpaired) electrons. The molecule has 8 N–H and O–H groups in total. The molecule has 0 rings (SSSR count). The van der Waals surface area contributed by atoms with Gasteiger partial charge in [0.2, 0.25) is 17.7 Å². The Morgan fingerprint density at radius 2 is 1.74 bits per heavy atom. The number of amides is 3. The summed E-state index contributed by atoms with van der Waals surface area (Å²) in [7, 11) is 0. The van der Waals surface area contributed by atoms with Crippen molar-refractivity contribution in [2.75, 3.05) is 12.3 Å². The van der Waals surface area contributed by atoms with Gasteiger partial charge in [-0.3, -0.25) is 19.4 Å². The quantitative estimate of drug-likeness (QED) is 0.117. The summed E-state index contributed by atoms with van der Waals surface area (Å²) < 4.78 is 0. The lowest BCUT2D eigenvalue weighted by Crippen LogP contribution is -2.54. The van der Waals surface area contributed by atoms with Crippen molar-refractivity contribution in [3.8, 4) is 0 Å². The van der Waals surface area contributed by atoms with E-state index in [-0.39, 0.29) is 17.6 Å². The minimum absolute atomic E-state index is 0.0426. The summed E-state index contributed by atoms with van der Waals surface area (Å²) in [6.45, 7) is 3.85. The maximum Gasteiger partial charge on any atom is 0.243 e. The summed E-state index contributed by atoms with van der Waals surface area (Å²) in [5.74, 6) is -1.77. The molecule has 0 fully saturated rings. The van der Waals surface area contributed by atoms with E-state index in [9.17, 15) is 14.4 Å². The van der Waals surface area contributed by atoms with Gasteiger partial charge in [-0.15, -0.1) is 0 Å². The molecule has 0 aliphatic rings. The zero-order valence-corrected chi connectivity index (χ0v) is 14.3. The first-order valence-electron chi connectivity index (χ1n) is 7.24. The first kappa shape index (κ1) is 21.0. The second-order valence-electron chi connectivity index (χ2n) is 5.36. The maximum absolute atomic E-state index is 12.3. The number of carbonyl (C=O) groups excluding carboxylic acids is 3. The summed E-state index contributed by atoms with van der Waals surface area (Å²) in [6, 6.07) is -1.62. The zero-order valence-electron chi connectivity index (χ0n) is 13.4. The Labute approximate surface area is 141 Å². The van der Waals surface area contributed by atoms with Crippen molar-refractivity contribution in [2.24, 2.45) is 28.1 Å². The Balaban J connectivity index is 4.82. The summed E-state index contributed by atoms with van der Waals surface area (Å²) in [4.78, 5) is 39.0. The first-order valence-corrected chi connectivity index (χ1v) is 7.87. The van der Waals surface area contributed by atoms with Crippen LogP contribution in [0.5, 0.6) is 0 Å². The minimum atomic E-state index is -0.815. The van der Waals surface area contributed by atoms with Gasteiger partial charge in [0, 0.05) is 6.54 Å². The van der Waals surface area contributed by atoms with Crippen molar-refractivity contribution in [1.29, 1.82) is 0 Å². The van der Waals surface area contributed by atoms with E-state index in [1.165, 1.54) is 0 Å². The van der Waals surface area contributed by atoms with Crippen LogP contribution in [0.4, 0.5) is 0 Å². The van der Waals surface area contributed by atoms with Crippen LogP contribution in [0.3, 0.4) is 0 Å². The molecule has 0 aromatic carbocycles. The number of carbonyl (C=O) groups is 3. The van der Waals surface area contributed by atoms with E-state index in [1.807, 2.05) is 0 Å². The summed E-state index contributed by atoms with van der Waals surface area (Å²) in [6.07, 6.45) is 0.789. The van der Waals surface area contributed by atoms with Gasteiger partial charge in [-0.2, -0.15) is 12.6 Å². The lowest BCUT2D eigenvalue weighted by atomic mass is 10.0. The fourth-order valence-corrected chi connectivity index (χ4v) is 1.92. The van der Waals surface area contributed by atoms with E-state index in [2.05, 4.69) is 28.3 Å². The highest BCUT2D eigenvalue weighted by atomic mass is 32.1. The molecule has 0 aliphatic heterocycles. The second-order valence-corrected chi connectivity index (χ2v) is 5.68. The Morgan fingerprint density at radius 3 is 2.17 bits per heavy atom. The molecule has 3 amide bonds. The molecule has 0 unspecified atom stereocenters. The molecule has 2 atom stereocenters. The summed E-state index contributed by atoms with van der Waals surface area (Å²) in [5, 5.41) is 5.10. The molecule has 23 heavy (non-hydrogen) atoms. The van der Waals surface area contributed by atoms with E-state index < -0.39 is 29.8 Å².